The number of anilines is 1. The Morgan fingerprint density at radius 2 is 1.70 bits per heavy atom. The van der Waals surface area contributed by atoms with Gasteiger partial charge >= 0.3 is 0 Å². The first kappa shape index (κ1) is 21.8. The second-order valence-electron chi connectivity index (χ2n) is 7.13. The number of hydrogen-bond donors (Lipinski definition) is 1. The molecule has 3 aromatic rings. The van der Waals surface area contributed by atoms with Gasteiger partial charge in [-0.2, -0.15) is 5.26 Å². The molecule has 0 saturated carbocycles. The van der Waals surface area contributed by atoms with Gasteiger partial charge < -0.3 is 24.3 Å². The molecule has 1 amide bonds. The molecule has 3 aromatic carbocycles. The molecule has 0 spiro atoms. The highest BCUT2D eigenvalue weighted by molar-refractivity contribution is 6.09. The van der Waals surface area contributed by atoms with Crippen molar-refractivity contribution < 1.29 is 23.7 Å². The van der Waals surface area contributed by atoms with E-state index in [-0.39, 0.29) is 12.4 Å². The Morgan fingerprint density at radius 3 is 2.42 bits per heavy atom. The van der Waals surface area contributed by atoms with Crippen LogP contribution in [-0.2, 0) is 11.4 Å². The molecule has 0 saturated heterocycles. The summed E-state index contributed by atoms with van der Waals surface area (Å²) in [7, 11) is 0. The van der Waals surface area contributed by atoms with Crippen LogP contribution in [0.3, 0.4) is 0 Å². The van der Waals surface area contributed by atoms with Crippen LogP contribution >= 0.6 is 0 Å². The lowest BCUT2D eigenvalue weighted by Gasteiger charge is -2.08. The Morgan fingerprint density at radius 1 is 1.00 bits per heavy atom. The van der Waals surface area contributed by atoms with E-state index in [0.717, 1.165) is 11.3 Å². The van der Waals surface area contributed by atoms with Gasteiger partial charge in [0.05, 0.1) is 6.61 Å². The Labute approximate surface area is 191 Å². The number of carbonyl (C=O) groups is 1. The molecule has 1 heterocycles. The molecule has 0 unspecified atom stereocenters. The zero-order chi connectivity index (χ0) is 23.0. The van der Waals surface area contributed by atoms with Gasteiger partial charge in [-0.3, -0.25) is 4.79 Å². The summed E-state index contributed by atoms with van der Waals surface area (Å²) in [6, 6.07) is 21.8. The van der Waals surface area contributed by atoms with Crippen LogP contribution in [0.5, 0.6) is 23.0 Å². The summed E-state index contributed by atoms with van der Waals surface area (Å²) in [5.74, 6) is 2.35. The van der Waals surface area contributed by atoms with Gasteiger partial charge in [0.25, 0.3) is 5.91 Å². The molecule has 0 fully saturated rings. The fourth-order valence-corrected chi connectivity index (χ4v) is 3.17. The summed E-state index contributed by atoms with van der Waals surface area (Å²) >= 11 is 0. The van der Waals surface area contributed by atoms with Crippen LogP contribution in [0.4, 0.5) is 5.69 Å². The first-order chi connectivity index (χ1) is 16.1. The van der Waals surface area contributed by atoms with Crippen LogP contribution in [0.1, 0.15) is 18.1 Å². The number of carbonyl (C=O) groups excluding carboxylic acids is 1. The van der Waals surface area contributed by atoms with E-state index in [1.807, 2.05) is 31.2 Å². The maximum absolute atomic E-state index is 12.5. The summed E-state index contributed by atoms with van der Waals surface area (Å²) in [6.45, 7) is 3.07. The molecule has 0 aromatic heterocycles. The minimum absolute atomic E-state index is 0.00193. The fraction of sp³-hybridized carbons (Fsp3) is 0.154. The number of amides is 1. The Kier molecular flexibility index (Phi) is 6.76. The highest BCUT2D eigenvalue weighted by Gasteiger charge is 2.13. The smallest absolute Gasteiger partial charge is 0.266 e. The lowest BCUT2D eigenvalue weighted by molar-refractivity contribution is -0.112. The Hall–Kier alpha value is -4.44. The first-order valence-corrected chi connectivity index (χ1v) is 10.4. The molecule has 0 aliphatic carbocycles. The highest BCUT2D eigenvalue weighted by Crippen LogP contribution is 2.32. The molecular formula is C26H22N2O5. The van der Waals surface area contributed by atoms with Crippen molar-refractivity contribution >= 4 is 17.7 Å². The van der Waals surface area contributed by atoms with E-state index in [1.165, 1.54) is 6.08 Å². The predicted molar refractivity (Wildman–Crippen MR) is 123 cm³/mol. The quantitative estimate of drug-likeness (QED) is 0.393. The molecule has 0 bridgehead atoms. The monoisotopic (exact) mass is 442 g/mol. The van der Waals surface area contributed by atoms with E-state index >= 15 is 0 Å². The summed E-state index contributed by atoms with van der Waals surface area (Å²) in [4.78, 5) is 12.5. The van der Waals surface area contributed by atoms with Crippen molar-refractivity contribution in [3.05, 3.63) is 83.4 Å². The van der Waals surface area contributed by atoms with Gasteiger partial charge in [0, 0.05) is 5.69 Å². The van der Waals surface area contributed by atoms with Crippen molar-refractivity contribution in [3.8, 4) is 29.1 Å². The molecular weight excluding hydrogens is 420 g/mol. The molecule has 1 aliphatic rings. The van der Waals surface area contributed by atoms with Crippen LogP contribution in [0.2, 0.25) is 0 Å². The topological polar surface area (TPSA) is 89.8 Å². The lowest BCUT2D eigenvalue weighted by atomic mass is 10.1. The van der Waals surface area contributed by atoms with E-state index in [4.69, 9.17) is 18.9 Å². The van der Waals surface area contributed by atoms with Crippen molar-refractivity contribution in [2.75, 3.05) is 18.7 Å². The third-order valence-electron chi connectivity index (χ3n) is 4.82. The minimum atomic E-state index is -0.482. The molecule has 4 rings (SSSR count). The van der Waals surface area contributed by atoms with Gasteiger partial charge in [0.1, 0.15) is 29.7 Å². The number of nitrogens with one attached hydrogen (secondary N) is 1. The number of nitrogens with zero attached hydrogens (tertiary/aromatic N) is 1. The van der Waals surface area contributed by atoms with Crippen molar-refractivity contribution in [1.29, 1.82) is 5.26 Å². The largest absolute Gasteiger partial charge is 0.494 e. The van der Waals surface area contributed by atoms with Crippen molar-refractivity contribution in [2.24, 2.45) is 0 Å². The predicted octanol–water partition coefficient (Wildman–Crippen LogP) is 4.94. The van der Waals surface area contributed by atoms with E-state index in [1.54, 1.807) is 48.5 Å². The van der Waals surface area contributed by atoms with Gasteiger partial charge in [-0.15, -0.1) is 0 Å². The van der Waals surface area contributed by atoms with E-state index in [0.29, 0.717) is 41.7 Å². The van der Waals surface area contributed by atoms with Gasteiger partial charge in [0.2, 0.25) is 6.79 Å². The second-order valence-corrected chi connectivity index (χ2v) is 7.13. The molecule has 33 heavy (non-hydrogen) atoms. The molecule has 166 valence electrons. The van der Waals surface area contributed by atoms with Gasteiger partial charge in [-0.1, -0.05) is 18.2 Å². The highest BCUT2D eigenvalue weighted by atomic mass is 16.7. The minimum Gasteiger partial charge on any atom is -0.494 e. The first-order valence-electron chi connectivity index (χ1n) is 10.4. The average molecular weight is 442 g/mol. The Balaban J connectivity index is 1.36. The number of rotatable bonds is 8. The average Bonchev–Trinajstić information content (AvgIpc) is 3.31. The van der Waals surface area contributed by atoms with Gasteiger partial charge in [-0.05, 0) is 72.7 Å². The molecule has 7 nitrogen and oxygen atoms in total. The maximum atomic E-state index is 12.5. The molecule has 7 heteroatoms. The number of benzene rings is 3. The van der Waals surface area contributed by atoms with Gasteiger partial charge in [-0.25, -0.2) is 0 Å². The normalized spacial score (nSPS) is 12.1. The van der Waals surface area contributed by atoms with Crippen LogP contribution in [0, 0.1) is 11.3 Å². The van der Waals surface area contributed by atoms with Crippen molar-refractivity contribution in [2.45, 2.75) is 13.5 Å². The molecule has 0 atom stereocenters. The number of fused-ring (bicyclic) bond motifs is 1. The lowest BCUT2D eigenvalue weighted by Crippen LogP contribution is -2.13. The maximum Gasteiger partial charge on any atom is 0.266 e. The van der Waals surface area contributed by atoms with E-state index < -0.39 is 5.91 Å². The number of nitriles is 1. The summed E-state index contributed by atoms with van der Waals surface area (Å²) in [5, 5.41) is 12.2. The summed E-state index contributed by atoms with van der Waals surface area (Å²) in [5.41, 5.74) is 2.25. The van der Waals surface area contributed by atoms with Gasteiger partial charge in [0.15, 0.2) is 11.5 Å². The zero-order valence-electron chi connectivity index (χ0n) is 18.0. The standard InChI is InChI=1S/C26H22N2O5/c1-2-30-22-10-6-21(7-11-22)28-26(29)20(15-27)13-18-3-8-23(9-4-18)31-16-19-5-12-24-25(14-19)33-17-32-24/h3-14H,2,16-17H2,1H3,(H,28,29)/b20-13-. The van der Waals surface area contributed by atoms with Crippen LogP contribution in [0.15, 0.2) is 72.3 Å². The second kappa shape index (κ2) is 10.2. The fourth-order valence-electron chi connectivity index (χ4n) is 3.17. The van der Waals surface area contributed by atoms with Crippen LogP contribution in [0.25, 0.3) is 6.08 Å². The van der Waals surface area contributed by atoms with E-state index in [9.17, 15) is 10.1 Å². The van der Waals surface area contributed by atoms with Crippen molar-refractivity contribution in [1.82, 2.24) is 0 Å². The Bertz CT molecular complexity index is 1190. The number of hydrogen-bond acceptors (Lipinski definition) is 6. The van der Waals surface area contributed by atoms with Crippen molar-refractivity contribution in [3.63, 3.8) is 0 Å². The van der Waals surface area contributed by atoms with Crippen LogP contribution in [-0.4, -0.2) is 19.3 Å². The summed E-state index contributed by atoms with van der Waals surface area (Å²) < 4.78 is 21.9. The molecule has 1 N–H and O–H groups in total. The number of ether oxygens (including phenoxy) is 4. The van der Waals surface area contributed by atoms with E-state index in [2.05, 4.69) is 5.32 Å². The third kappa shape index (κ3) is 5.63. The zero-order valence-corrected chi connectivity index (χ0v) is 18.0. The third-order valence-corrected chi connectivity index (χ3v) is 4.82. The molecule has 1 aliphatic heterocycles. The van der Waals surface area contributed by atoms with Crippen LogP contribution < -0.4 is 24.3 Å². The SMILES string of the molecule is CCOc1ccc(NC(=O)/C(C#N)=C\c2ccc(OCc3ccc4c(c3)OCO4)cc2)cc1. The molecule has 0 radical (unpaired) electrons. The summed E-state index contributed by atoms with van der Waals surface area (Å²) in [6.07, 6.45) is 1.53.